The van der Waals surface area contributed by atoms with Crippen LogP contribution in [0, 0.1) is 0 Å². The van der Waals surface area contributed by atoms with Gasteiger partial charge < -0.3 is 29.8 Å². The number of hydrogen-bond donors (Lipinski definition) is 3. The molecule has 0 radical (unpaired) electrons. The maximum Gasteiger partial charge on any atom is 0.408 e. The van der Waals surface area contributed by atoms with Crippen LogP contribution in [0.5, 0.6) is 5.75 Å². The second kappa shape index (κ2) is 11.1. The second-order valence-corrected chi connectivity index (χ2v) is 10.5. The van der Waals surface area contributed by atoms with Crippen LogP contribution in [0.3, 0.4) is 0 Å². The van der Waals surface area contributed by atoms with E-state index in [9.17, 15) is 4.79 Å². The van der Waals surface area contributed by atoms with Crippen molar-refractivity contribution >= 4 is 46.0 Å². The average molecular weight is 536 g/mol. The molecule has 11 heteroatoms. The Morgan fingerprint density at radius 3 is 2.75 bits per heavy atom. The number of H-pyrrole nitrogens is 1. The smallest absolute Gasteiger partial charge is 0.408 e. The second-order valence-electron chi connectivity index (χ2n) is 9.78. The molecule has 1 amide bonds. The van der Waals surface area contributed by atoms with Gasteiger partial charge in [-0.15, -0.1) is 0 Å². The Morgan fingerprint density at radius 2 is 2.00 bits per heavy atom. The molecule has 1 aliphatic carbocycles. The Morgan fingerprint density at radius 1 is 1.22 bits per heavy atom. The van der Waals surface area contributed by atoms with Gasteiger partial charge in [0.1, 0.15) is 12.2 Å². The number of aromatic amines is 1. The summed E-state index contributed by atoms with van der Waals surface area (Å²) < 4.78 is 16.6. The van der Waals surface area contributed by atoms with Gasteiger partial charge in [0, 0.05) is 29.7 Å². The molecule has 2 aromatic heterocycles. The fraction of sp³-hybridized carbons (Fsp3) is 0.480. The molecule has 2 heterocycles. The molecule has 3 aromatic rings. The number of fused-ring (bicyclic) bond motifs is 3. The average Bonchev–Trinajstić information content (AvgIpc) is 3.15. The molecule has 4 rings (SSSR count). The highest BCUT2D eigenvalue weighted by Crippen LogP contribution is 2.35. The van der Waals surface area contributed by atoms with E-state index >= 15 is 0 Å². The molecule has 194 valence electrons. The van der Waals surface area contributed by atoms with E-state index in [1.165, 1.54) is 23.8 Å². The predicted octanol–water partition coefficient (Wildman–Crippen LogP) is 5.15. The Bertz CT molecular complexity index is 1230. The van der Waals surface area contributed by atoms with E-state index in [0.717, 1.165) is 24.8 Å². The monoisotopic (exact) mass is 535 g/mol. The van der Waals surface area contributed by atoms with Crippen LogP contribution >= 0.6 is 23.2 Å². The number of ether oxygens (including phenoxy) is 3. The minimum atomic E-state index is -0.627. The molecule has 0 aliphatic heterocycles. The molecule has 1 unspecified atom stereocenters. The van der Waals surface area contributed by atoms with Crippen LogP contribution in [0.2, 0.25) is 10.4 Å². The maximum absolute atomic E-state index is 12.2. The van der Waals surface area contributed by atoms with E-state index in [1.54, 1.807) is 20.8 Å². The summed E-state index contributed by atoms with van der Waals surface area (Å²) in [6, 6.07) is 7.90. The molecule has 9 nitrogen and oxygen atoms in total. The molecule has 2 atom stereocenters. The first-order valence-electron chi connectivity index (χ1n) is 11.8. The van der Waals surface area contributed by atoms with Crippen LogP contribution < -0.4 is 15.4 Å². The molecule has 3 N–H and O–H groups in total. The number of carbonyl (C=O) groups is 1. The van der Waals surface area contributed by atoms with Crippen LogP contribution in [-0.2, 0) is 22.3 Å². The summed E-state index contributed by atoms with van der Waals surface area (Å²) in [5.41, 5.74) is 3.07. The highest BCUT2D eigenvalue weighted by molar-refractivity contribution is 6.33. The van der Waals surface area contributed by atoms with Crippen molar-refractivity contribution in [3.63, 3.8) is 0 Å². The van der Waals surface area contributed by atoms with Crippen LogP contribution in [0.1, 0.15) is 38.4 Å². The number of hydrogen-bond acceptors (Lipinski definition) is 7. The van der Waals surface area contributed by atoms with Crippen LogP contribution in [0.25, 0.3) is 10.9 Å². The number of carbonyl (C=O) groups excluding carboxylic acids is 1. The number of amides is 1. The largest absolute Gasteiger partial charge is 0.485 e. The number of nitrogens with one attached hydrogen (secondary N) is 3. The van der Waals surface area contributed by atoms with Gasteiger partial charge in [0.05, 0.1) is 12.6 Å². The molecular formula is C25H31Cl2N5O4. The number of alkyl carbamates (subject to hydrolysis) is 1. The highest BCUT2D eigenvalue weighted by Gasteiger charge is 2.26. The number of aryl methyl sites for hydroxylation is 1. The summed E-state index contributed by atoms with van der Waals surface area (Å²) >= 11 is 12.5. The van der Waals surface area contributed by atoms with Crippen molar-refractivity contribution in [3.05, 3.63) is 46.0 Å². The standard InChI is InChI=1S/C25H31Cl2N5O4/c1-25(2,3)36-24(33)29-15(12-34-4)13-35-20-21(26)31-23(27)32-22(20)28-14-9-10-19-17(11-14)16-7-5-6-8-18(16)30-19/h5-8,14-15,30H,9-13H2,1-4H3,(H,29,33)(H,28,31,32)/t14-,15?/m1/s1. The molecule has 0 saturated carbocycles. The van der Waals surface area contributed by atoms with Gasteiger partial charge in [-0.2, -0.15) is 4.98 Å². The van der Waals surface area contributed by atoms with Gasteiger partial charge in [0.15, 0.2) is 16.7 Å². The number of methoxy groups -OCH3 is 1. The van der Waals surface area contributed by atoms with Gasteiger partial charge in [0.25, 0.3) is 0 Å². The van der Waals surface area contributed by atoms with E-state index in [-0.39, 0.29) is 35.4 Å². The van der Waals surface area contributed by atoms with Crippen LogP contribution in [0.15, 0.2) is 24.3 Å². The van der Waals surface area contributed by atoms with E-state index < -0.39 is 17.7 Å². The molecule has 0 bridgehead atoms. The summed E-state index contributed by atoms with van der Waals surface area (Å²) in [6.07, 6.45) is 2.04. The zero-order valence-electron chi connectivity index (χ0n) is 20.8. The number of aromatic nitrogens is 3. The van der Waals surface area contributed by atoms with Crippen molar-refractivity contribution < 1.29 is 19.0 Å². The Balaban J connectivity index is 1.48. The number of anilines is 1. The van der Waals surface area contributed by atoms with E-state index in [1.807, 2.05) is 12.1 Å². The Kier molecular flexibility index (Phi) is 8.12. The third-order valence-electron chi connectivity index (χ3n) is 5.75. The lowest BCUT2D eigenvalue weighted by Gasteiger charge is -2.26. The molecule has 36 heavy (non-hydrogen) atoms. The molecule has 0 fully saturated rings. The number of halogens is 2. The van der Waals surface area contributed by atoms with Crippen molar-refractivity contribution in [1.29, 1.82) is 0 Å². The van der Waals surface area contributed by atoms with E-state index in [0.29, 0.717) is 5.82 Å². The van der Waals surface area contributed by atoms with Crippen molar-refractivity contribution in [3.8, 4) is 5.75 Å². The van der Waals surface area contributed by atoms with E-state index in [4.69, 9.17) is 37.4 Å². The number of para-hydroxylation sites is 1. The summed E-state index contributed by atoms with van der Waals surface area (Å²) in [4.78, 5) is 24.2. The van der Waals surface area contributed by atoms with Gasteiger partial charge >= 0.3 is 6.09 Å². The fourth-order valence-electron chi connectivity index (χ4n) is 4.30. The minimum Gasteiger partial charge on any atom is -0.485 e. The zero-order valence-corrected chi connectivity index (χ0v) is 22.3. The predicted molar refractivity (Wildman–Crippen MR) is 140 cm³/mol. The van der Waals surface area contributed by atoms with Gasteiger partial charge in [-0.25, -0.2) is 9.78 Å². The van der Waals surface area contributed by atoms with Gasteiger partial charge in [-0.3, -0.25) is 0 Å². The third-order valence-corrected chi connectivity index (χ3v) is 6.18. The number of rotatable bonds is 8. The maximum atomic E-state index is 12.2. The van der Waals surface area contributed by atoms with E-state index in [2.05, 4.69) is 37.7 Å². The van der Waals surface area contributed by atoms with Crippen molar-refractivity contribution in [2.45, 2.75) is 57.7 Å². The Labute approximate surface area is 220 Å². The first-order valence-corrected chi connectivity index (χ1v) is 12.6. The minimum absolute atomic E-state index is 0.0127. The number of nitrogens with zero attached hydrogens (tertiary/aromatic N) is 2. The third kappa shape index (κ3) is 6.52. The van der Waals surface area contributed by atoms with Crippen molar-refractivity contribution in [2.75, 3.05) is 25.6 Å². The van der Waals surface area contributed by atoms with Gasteiger partial charge in [-0.05, 0) is 63.3 Å². The number of benzene rings is 1. The first kappa shape index (κ1) is 26.3. The summed E-state index contributed by atoms with van der Waals surface area (Å²) in [6.45, 7) is 5.65. The molecular weight excluding hydrogens is 505 g/mol. The van der Waals surface area contributed by atoms with Crippen LogP contribution in [-0.4, -0.2) is 59.1 Å². The zero-order chi connectivity index (χ0) is 25.9. The lowest BCUT2D eigenvalue weighted by molar-refractivity contribution is 0.0438. The van der Waals surface area contributed by atoms with Gasteiger partial charge in [-0.1, -0.05) is 29.8 Å². The van der Waals surface area contributed by atoms with Gasteiger partial charge in [0.2, 0.25) is 5.28 Å². The molecule has 0 spiro atoms. The summed E-state index contributed by atoms with van der Waals surface area (Å²) in [7, 11) is 1.54. The lowest BCUT2D eigenvalue weighted by Crippen LogP contribution is -2.44. The summed E-state index contributed by atoms with van der Waals surface area (Å²) in [5.74, 6) is 0.666. The molecule has 0 saturated heterocycles. The SMILES string of the molecule is COCC(COc1c(Cl)nc(Cl)nc1N[C@@H]1CCc2[nH]c3ccccc3c2C1)NC(=O)OC(C)(C)C. The Hall–Kier alpha value is -2.75. The van der Waals surface area contributed by atoms with Crippen molar-refractivity contribution in [1.82, 2.24) is 20.3 Å². The highest BCUT2D eigenvalue weighted by atomic mass is 35.5. The van der Waals surface area contributed by atoms with Crippen LogP contribution in [0.4, 0.5) is 10.6 Å². The quantitative estimate of drug-likeness (QED) is 0.270. The summed E-state index contributed by atoms with van der Waals surface area (Å²) in [5, 5.41) is 7.53. The van der Waals surface area contributed by atoms with Crippen molar-refractivity contribution in [2.24, 2.45) is 0 Å². The topological polar surface area (TPSA) is 110 Å². The normalized spacial score (nSPS) is 16.3. The lowest BCUT2D eigenvalue weighted by atomic mass is 9.91. The molecule has 1 aromatic carbocycles. The molecule has 1 aliphatic rings. The first-order chi connectivity index (χ1) is 17.1. The fourth-order valence-corrected chi connectivity index (χ4v) is 4.74.